The lowest BCUT2D eigenvalue weighted by Crippen LogP contribution is -2.38. The molecule has 0 aromatic heterocycles. The van der Waals surface area contributed by atoms with Crippen molar-refractivity contribution in [3.63, 3.8) is 0 Å². The van der Waals surface area contributed by atoms with Crippen LogP contribution in [0.5, 0.6) is 0 Å². The number of carbonyl (C=O) groups is 3. The summed E-state index contributed by atoms with van der Waals surface area (Å²) in [5, 5.41) is 2.42. The number of carbonyl (C=O) groups excluding carboxylic acids is 3. The Hall–Kier alpha value is -2.37. The van der Waals surface area contributed by atoms with Crippen LogP contribution >= 0.6 is 0 Å². The van der Waals surface area contributed by atoms with E-state index in [0.717, 1.165) is 5.69 Å². The summed E-state index contributed by atoms with van der Waals surface area (Å²) in [6.45, 7) is 0.127. The van der Waals surface area contributed by atoms with Crippen LogP contribution in [0, 0.1) is 5.92 Å². The second kappa shape index (κ2) is 5.51. The molecule has 1 heterocycles. The fraction of sp³-hybridized carbons (Fsp3) is 0.308. The summed E-state index contributed by atoms with van der Waals surface area (Å²) in [6, 6.07) is 9.18. The first kappa shape index (κ1) is 13.1. The van der Waals surface area contributed by atoms with Crippen LogP contribution in [0.4, 0.5) is 5.69 Å². The number of hydrogen-bond acceptors (Lipinski definition) is 3. The van der Waals surface area contributed by atoms with Gasteiger partial charge in [-0.3, -0.25) is 14.4 Å². The summed E-state index contributed by atoms with van der Waals surface area (Å²) < 4.78 is 0. The van der Waals surface area contributed by atoms with Crippen molar-refractivity contribution in [1.29, 1.82) is 0 Å². The summed E-state index contributed by atoms with van der Waals surface area (Å²) >= 11 is 0. The third kappa shape index (κ3) is 3.09. The maximum absolute atomic E-state index is 11.9. The van der Waals surface area contributed by atoms with Crippen LogP contribution in [-0.2, 0) is 14.4 Å². The molecule has 3 N–H and O–H groups in total. The van der Waals surface area contributed by atoms with E-state index in [1.165, 1.54) is 0 Å². The van der Waals surface area contributed by atoms with Crippen LogP contribution in [-0.4, -0.2) is 30.8 Å². The molecule has 1 aliphatic heterocycles. The zero-order valence-electron chi connectivity index (χ0n) is 10.3. The molecule has 19 heavy (non-hydrogen) atoms. The molecule has 1 aromatic rings. The van der Waals surface area contributed by atoms with Crippen molar-refractivity contribution in [3.05, 3.63) is 30.3 Å². The van der Waals surface area contributed by atoms with E-state index in [2.05, 4.69) is 5.32 Å². The summed E-state index contributed by atoms with van der Waals surface area (Å²) in [5.41, 5.74) is 5.73. The molecule has 1 fully saturated rings. The van der Waals surface area contributed by atoms with Crippen molar-refractivity contribution in [1.82, 2.24) is 5.32 Å². The lowest BCUT2D eigenvalue weighted by molar-refractivity contribution is -0.128. The van der Waals surface area contributed by atoms with Gasteiger partial charge in [0, 0.05) is 18.7 Å². The number of amides is 3. The number of nitrogens with zero attached hydrogens (tertiary/aromatic N) is 1. The molecule has 1 aromatic carbocycles. The topological polar surface area (TPSA) is 92.5 Å². The Labute approximate surface area is 110 Å². The molecular formula is C13H15N3O3. The van der Waals surface area contributed by atoms with E-state index >= 15 is 0 Å². The Morgan fingerprint density at radius 2 is 2.00 bits per heavy atom. The molecule has 100 valence electrons. The molecular weight excluding hydrogens is 246 g/mol. The molecule has 0 spiro atoms. The zero-order valence-corrected chi connectivity index (χ0v) is 10.3. The maximum Gasteiger partial charge on any atom is 0.236 e. The Morgan fingerprint density at radius 1 is 1.32 bits per heavy atom. The number of nitrogens with two attached hydrogens (primary N) is 1. The lowest BCUT2D eigenvalue weighted by atomic mass is 10.1. The number of rotatable bonds is 4. The highest BCUT2D eigenvalue weighted by atomic mass is 16.2. The third-order valence-corrected chi connectivity index (χ3v) is 3.00. The molecule has 6 nitrogen and oxygen atoms in total. The Kier molecular flexibility index (Phi) is 3.79. The van der Waals surface area contributed by atoms with E-state index in [1.807, 2.05) is 30.3 Å². The number of hydrogen-bond donors (Lipinski definition) is 2. The molecule has 0 saturated carbocycles. The highest BCUT2D eigenvalue weighted by molar-refractivity contribution is 6.00. The normalized spacial score (nSPS) is 18.4. The number of benzene rings is 1. The average molecular weight is 261 g/mol. The van der Waals surface area contributed by atoms with Gasteiger partial charge in [-0.05, 0) is 12.1 Å². The zero-order chi connectivity index (χ0) is 13.8. The Bertz CT molecular complexity index is 501. The smallest absolute Gasteiger partial charge is 0.236 e. The van der Waals surface area contributed by atoms with Gasteiger partial charge in [-0.15, -0.1) is 0 Å². The lowest BCUT2D eigenvalue weighted by Gasteiger charge is -2.16. The molecule has 1 aliphatic rings. The van der Waals surface area contributed by atoms with Gasteiger partial charge in [-0.25, -0.2) is 0 Å². The molecule has 6 heteroatoms. The number of para-hydroxylation sites is 1. The minimum absolute atomic E-state index is 0.0922. The minimum atomic E-state index is -0.599. The van der Waals surface area contributed by atoms with E-state index in [9.17, 15) is 14.4 Å². The largest absolute Gasteiger partial charge is 0.368 e. The fourth-order valence-corrected chi connectivity index (χ4v) is 2.06. The quantitative estimate of drug-likeness (QED) is 0.775. The number of nitrogens with one attached hydrogen (secondary N) is 1. The van der Waals surface area contributed by atoms with Gasteiger partial charge < -0.3 is 16.0 Å². The minimum Gasteiger partial charge on any atom is -0.368 e. The average Bonchev–Trinajstić information content (AvgIpc) is 2.79. The standard InChI is InChI=1S/C13H15N3O3/c14-11(17)7-15-13(19)9-6-12(18)16(8-9)10-4-2-1-3-5-10/h1-5,9H,6-8H2,(H2,14,17)(H,15,19). The molecule has 0 aliphatic carbocycles. The van der Waals surface area contributed by atoms with Gasteiger partial charge in [0.2, 0.25) is 17.7 Å². The Balaban J connectivity index is 1.99. The van der Waals surface area contributed by atoms with E-state index in [-0.39, 0.29) is 24.8 Å². The molecule has 1 atom stereocenters. The second-order valence-corrected chi connectivity index (χ2v) is 4.43. The van der Waals surface area contributed by atoms with Gasteiger partial charge in [-0.2, -0.15) is 0 Å². The molecule has 0 bridgehead atoms. The van der Waals surface area contributed by atoms with Crippen LogP contribution < -0.4 is 16.0 Å². The van der Waals surface area contributed by atoms with Gasteiger partial charge in [0.05, 0.1) is 12.5 Å². The first-order valence-corrected chi connectivity index (χ1v) is 5.99. The van der Waals surface area contributed by atoms with Crippen LogP contribution in [0.3, 0.4) is 0 Å². The van der Waals surface area contributed by atoms with Crippen molar-refractivity contribution in [2.24, 2.45) is 11.7 Å². The van der Waals surface area contributed by atoms with Gasteiger partial charge in [0.15, 0.2) is 0 Å². The first-order valence-electron chi connectivity index (χ1n) is 5.99. The van der Waals surface area contributed by atoms with Gasteiger partial charge >= 0.3 is 0 Å². The van der Waals surface area contributed by atoms with Crippen molar-refractivity contribution in [2.75, 3.05) is 18.0 Å². The monoisotopic (exact) mass is 261 g/mol. The molecule has 3 amide bonds. The molecule has 1 unspecified atom stereocenters. The van der Waals surface area contributed by atoms with Crippen LogP contribution in [0.25, 0.3) is 0 Å². The summed E-state index contributed by atoms with van der Waals surface area (Å²) in [5.74, 6) is -1.44. The first-order chi connectivity index (χ1) is 9.08. The van der Waals surface area contributed by atoms with E-state index < -0.39 is 11.8 Å². The van der Waals surface area contributed by atoms with Crippen molar-refractivity contribution < 1.29 is 14.4 Å². The maximum atomic E-state index is 11.9. The number of anilines is 1. The van der Waals surface area contributed by atoms with Crippen molar-refractivity contribution in [2.45, 2.75) is 6.42 Å². The van der Waals surface area contributed by atoms with Crippen molar-refractivity contribution >= 4 is 23.4 Å². The predicted octanol–water partition coefficient (Wildman–Crippen LogP) is -0.359. The highest BCUT2D eigenvalue weighted by Gasteiger charge is 2.34. The SMILES string of the molecule is NC(=O)CNC(=O)C1CC(=O)N(c2ccccc2)C1. The van der Waals surface area contributed by atoms with E-state index in [1.54, 1.807) is 4.90 Å². The third-order valence-electron chi connectivity index (χ3n) is 3.00. The summed E-state index contributed by atoms with van der Waals surface area (Å²) in [4.78, 5) is 35.8. The number of primary amides is 1. The van der Waals surface area contributed by atoms with Gasteiger partial charge in [-0.1, -0.05) is 18.2 Å². The van der Waals surface area contributed by atoms with Crippen LogP contribution in [0.1, 0.15) is 6.42 Å². The summed E-state index contributed by atoms with van der Waals surface area (Å²) in [7, 11) is 0. The van der Waals surface area contributed by atoms with Crippen molar-refractivity contribution in [3.8, 4) is 0 Å². The van der Waals surface area contributed by atoms with Crippen LogP contribution in [0.2, 0.25) is 0 Å². The molecule has 2 rings (SSSR count). The fourth-order valence-electron chi connectivity index (χ4n) is 2.06. The summed E-state index contributed by atoms with van der Waals surface area (Å²) in [6.07, 6.45) is 0.152. The second-order valence-electron chi connectivity index (χ2n) is 4.43. The Morgan fingerprint density at radius 3 is 2.63 bits per heavy atom. The predicted molar refractivity (Wildman–Crippen MR) is 69.1 cm³/mol. The highest BCUT2D eigenvalue weighted by Crippen LogP contribution is 2.24. The van der Waals surface area contributed by atoms with Gasteiger partial charge in [0.1, 0.15) is 0 Å². The molecule has 0 radical (unpaired) electrons. The van der Waals surface area contributed by atoms with E-state index in [0.29, 0.717) is 6.54 Å². The van der Waals surface area contributed by atoms with Gasteiger partial charge in [0.25, 0.3) is 0 Å². The van der Waals surface area contributed by atoms with E-state index in [4.69, 9.17) is 5.73 Å². The van der Waals surface area contributed by atoms with Crippen LogP contribution in [0.15, 0.2) is 30.3 Å². The molecule has 1 saturated heterocycles.